The number of hydrogen-bond donors (Lipinski definition) is 2. The van der Waals surface area contributed by atoms with Crippen molar-refractivity contribution in [2.75, 3.05) is 0 Å². The molecule has 0 aliphatic heterocycles. The van der Waals surface area contributed by atoms with E-state index in [1.807, 2.05) is 0 Å². The van der Waals surface area contributed by atoms with E-state index in [1.54, 1.807) is 31.5 Å². The predicted octanol–water partition coefficient (Wildman–Crippen LogP) is 0.844. The number of rotatable bonds is 4. The number of aromatic amines is 1. The van der Waals surface area contributed by atoms with Gasteiger partial charge in [0.2, 0.25) is 0 Å². The second-order valence-corrected chi connectivity index (χ2v) is 5.22. The summed E-state index contributed by atoms with van der Waals surface area (Å²) in [7, 11) is -3.55. The summed E-state index contributed by atoms with van der Waals surface area (Å²) in [6.45, 7) is 1.77. The molecule has 1 unspecified atom stereocenters. The van der Waals surface area contributed by atoms with Gasteiger partial charge in [0, 0.05) is 18.4 Å². The zero-order valence-electron chi connectivity index (χ0n) is 9.16. The van der Waals surface area contributed by atoms with Crippen LogP contribution in [-0.2, 0) is 10.0 Å². The molecule has 0 spiro atoms. The quantitative estimate of drug-likeness (QED) is 0.844. The van der Waals surface area contributed by atoms with E-state index in [2.05, 4.69) is 19.7 Å². The maximum Gasteiger partial charge on any atom is 0.258 e. The minimum atomic E-state index is -3.55. The third-order valence-electron chi connectivity index (χ3n) is 2.30. The van der Waals surface area contributed by atoms with E-state index in [4.69, 9.17) is 0 Å². The number of imidazole rings is 1. The van der Waals surface area contributed by atoms with E-state index < -0.39 is 10.0 Å². The molecule has 0 amide bonds. The van der Waals surface area contributed by atoms with Gasteiger partial charge >= 0.3 is 0 Å². The Hall–Kier alpha value is -1.73. The number of nitrogens with zero attached hydrogens (tertiary/aromatic N) is 2. The second kappa shape index (κ2) is 4.64. The fourth-order valence-electron chi connectivity index (χ4n) is 1.41. The Labute approximate surface area is 99.2 Å². The molecule has 0 aliphatic rings. The van der Waals surface area contributed by atoms with Crippen LogP contribution in [0.3, 0.4) is 0 Å². The van der Waals surface area contributed by atoms with Gasteiger partial charge in [-0.3, -0.25) is 4.98 Å². The lowest BCUT2D eigenvalue weighted by molar-refractivity contribution is 0.563. The Morgan fingerprint density at radius 3 is 2.59 bits per heavy atom. The van der Waals surface area contributed by atoms with Gasteiger partial charge < -0.3 is 4.98 Å². The largest absolute Gasteiger partial charge is 0.335 e. The van der Waals surface area contributed by atoms with Crippen LogP contribution < -0.4 is 4.72 Å². The highest BCUT2D eigenvalue weighted by atomic mass is 32.2. The fourth-order valence-corrected chi connectivity index (χ4v) is 2.54. The van der Waals surface area contributed by atoms with E-state index in [0.29, 0.717) is 0 Å². The van der Waals surface area contributed by atoms with Gasteiger partial charge in [-0.2, -0.15) is 0 Å². The van der Waals surface area contributed by atoms with Crippen LogP contribution in [0.4, 0.5) is 0 Å². The number of sulfonamides is 1. The highest BCUT2D eigenvalue weighted by Crippen LogP contribution is 2.14. The summed E-state index contributed by atoms with van der Waals surface area (Å²) >= 11 is 0. The van der Waals surface area contributed by atoms with Gasteiger partial charge in [-0.1, -0.05) is 0 Å². The van der Waals surface area contributed by atoms with Crippen molar-refractivity contribution in [3.63, 3.8) is 0 Å². The number of H-pyrrole nitrogens is 1. The van der Waals surface area contributed by atoms with Crippen molar-refractivity contribution < 1.29 is 8.42 Å². The molecular weight excluding hydrogens is 240 g/mol. The van der Waals surface area contributed by atoms with Crippen molar-refractivity contribution in [3.05, 3.63) is 42.6 Å². The SMILES string of the molecule is CC(NS(=O)(=O)c1cnc[nH]1)c1ccncc1. The summed E-state index contributed by atoms with van der Waals surface area (Å²) in [4.78, 5) is 10.1. The molecule has 17 heavy (non-hydrogen) atoms. The summed E-state index contributed by atoms with van der Waals surface area (Å²) in [6.07, 6.45) is 5.83. The molecular formula is C10H12N4O2S. The minimum Gasteiger partial charge on any atom is -0.335 e. The zero-order valence-corrected chi connectivity index (χ0v) is 9.98. The molecule has 0 fully saturated rings. The van der Waals surface area contributed by atoms with E-state index in [1.165, 1.54) is 12.5 Å². The molecule has 2 heterocycles. The standard InChI is InChI=1S/C10H12N4O2S/c1-8(9-2-4-11-5-3-9)14-17(15,16)10-6-12-7-13-10/h2-8,14H,1H3,(H,12,13). The molecule has 1 atom stereocenters. The Morgan fingerprint density at radius 2 is 2.00 bits per heavy atom. The lowest BCUT2D eigenvalue weighted by Gasteiger charge is -2.13. The van der Waals surface area contributed by atoms with Crippen LogP contribution >= 0.6 is 0 Å². The monoisotopic (exact) mass is 252 g/mol. The molecule has 2 N–H and O–H groups in total. The molecule has 2 aromatic heterocycles. The van der Waals surface area contributed by atoms with Crippen LogP contribution in [0.1, 0.15) is 18.5 Å². The van der Waals surface area contributed by atoms with Crippen molar-refractivity contribution in [1.29, 1.82) is 0 Å². The topological polar surface area (TPSA) is 87.7 Å². The number of nitrogens with one attached hydrogen (secondary N) is 2. The molecule has 0 bridgehead atoms. The summed E-state index contributed by atoms with van der Waals surface area (Å²) in [5.41, 5.74) is 0.850. The second-order valence-electron chi connectivity index (χ2n) is 3.54. The van der Waals surface area contributed by atoms with Gasteiger partial charge in [-0.25, -0.2) is 18.1 Å². The Kier molecular flexibility index (Phi) is 3.21. The Balaban J connectivity index is 2.17. The van der Waals surface area contributed by atoms with Gasteiger partial charge in [0.05, 0.1) is 12.5 Å². The van der Waals surface area contributed by atoms with Crippen molar-refractivity contribution >= 4 is 10.0 Å². The first kappa shape index (κ1) is 11.7. The van der Waals surface area contributed by atoms with Gasteiger partial charge in [0.25, 0.3) is 10.0 Å². The first-order valence-corrected chi connectivity index (χ1v) is 6.48. The summed E-state index contributed by atoms with van der Waals surface area (Å²) in [5, 5.41) is 0.0541. The molecule has 0 radical (unpaired) electrons. The predicted molar refractivity (Wildman–Crippen MR) is 61.6 cm³/mol. The highest BCUT2D eigenvalue weighted by Gasteiger charge is 2.19. The van der Waals surface area contributed by atoms with E-state index in [-0.39, 0.29) is 11.1 Å². The normalized spacial score (nSPS) is 13.5. The number of hydrogen-bond acceptors (Lipinski definition) is 4. The van der Waals surface area contributed by atoms with E-state index in [0.717, 1.165) is 5.56 Å². The van der Waals surface area contributed by atoms with Gasteiger partial charge in [-0.15, -0.1) is 0 Å². The molecule has 7 heteroatoms. The average Bonchev–Trinajstić information content (AvgIpc) is 2.84. The van der Waals surface area contributed by atoms with Crippen molar-refractivity contribution in [2.45, 2.75) is 18.0 Å². The molecule has 90 valence electrons. The lowest BCUT2D eigenvalue weighted by atomic mass is 10.1. The summed E-state index contributed by atoms with van der Waals surface area (Å²) in [5.74, 6) is 0. The number of pyridine rings is 1. The fraction of sp³-hybridized carbons (Fsp3) is 0.200. The first-order valence-electron chi connectivity index (χ1n) is 5.00. The van der Waals surface area contributed by atoms with Gasteiger partial charge in [0.1, 0.15) is 0 Å². The van der Waals surface area contributed by atoms with Crippen LogP contribution in [0, 0.1) is 0 Å². The summed E-state index contributed by atoms with van der Waals surface area (Å²) < 4.78 is 26.3. The van der Waals surface area contributed by atoms with E-state index >= 15 is 0 Å². The van der Waals surface area contributed by atoms with Crippen LogP contribution in [-0.4, -0.2) is 23.4 Å². The Morgan fingerprint density at radius 1 is 1.29 bits per heavy atom. The molecule has 0 aliphatic carbocycles. The third-order valence-corrected chi connectivity index (χ3v) is 3.77. The van der Waals surface area contributed by atoms with Crippen molar-refractivity contribution in [3.8, 4) is 0 Å². The van der Waals surface area contributed by atoms with Crippen LogP contribution in [0.2, 0.25) is 0 Å². The van der Waals surface area contributed by atoms with Crippen LogP contribution in [0.15, 0.2) is 42.1 Å². The minimum absolute atomic E-state index is 0.0541. The van der Waals surface area contributed by atoms with Gasteiger partial charge in [-0.05, 0) is 24.6 Å². The zero-order chi connectivity index (χ0) is 12.3. The molecule has 0 aromatic carbocycles. The maximum absolute atomic E-state index is 11.9. The number of aromatic nitrogens is 3. The molecule has 6 nitrogen and oxygen atoms in total. The van der Waals surface area contributed by atoms with Crippen LogP contribution in [0.25, 0.3) is 0 Å². The average molecular weight is 252 g/mol. The summed E-state index contributed by atoms with van der Waals surface area (Å²) in [6, 6.07) is 3.20. The molecule has 0 saturated heterocycles. The van der Waals surface area contributed by atoms with Crippen molar-refractivity contribution in [1.82, 2.24) is 19.7 Å². The first-order chi connectivity index (χ1) is 8.09. The lowest BCUT2D eigenvalue weighted by Crippen LogP contribution is -2.27. The van der Waals surface area contributed by atoms with Crippen molar-refractivity contribution in [2.24, 2.45) is 0 Å². The third kappa shape index (κ3) is 2.69. The van der Waals surface area contributed by atoms with Gasteiger partial charge in [0.15, 0.2) is 5.03 Å². The Bertz CT molecular complexity index is 566. The highest BCUT2D eigenvalue weighted by molar-refractivity contribution is 7.89. The molecule has 0 saturated carbocycles. The maximum atomic E-state index is 11.9. The molecule has 2 aromatic rings. The molecule has 2 rings (SSSR count). The van der Waals surface area contributed by atoms with Crippen LogP contribution in [0.5, 0.6) is 0 Å². The van der Waals surface area contributed by atoms with E-state index in [9.17, 15) is 8.42 Å². The smallest absolute Gasteiger partial charge is 0.258 e.